The Balaban J connectivity index is 1.39. The van der Waals surface area contributed by atoms with E-state index in [4.69, 9.17) is 28.4 Å². The van der Waals surface area contributed by atoms with Gasteiger partial charge in [-0.15, -0.1) is 0 Å². The average Bonchev–Trinajstić information content (AvgIpc) is 3.18. The van der Waals surface area contributed by atoms with Gasteiger partial charge in [0.05, 0.1) is 36.1 Å². The predicted octanol–water partition coefficient (Wildman–Crippen LogP) is 1.62. The number of Topliss-reactive ketones (excluding diaryl/α,β-unsaturated/α-hetero) is 3. The highest BCUT2D eigenvalue weighted by Crippen LogP contribution is 2.57. The Morgan fingerprint density at radius 3 is 2.26 bits per heavy atom. The number of aryl methyl sites for hydroxylation is 1. The van der Waals surface area contributed by atoms with Crippen molar-refractivity contribution in [1.29, 1.82) is 0 Å². The Morgan fingerprint density at radius 1 is 0.947 bits per heavy atom. The number of allylic oxidation sites excluding steroid dienone is 2. The van der Waals surface area contributed by atoms with E-state index in [9.17, 15) is 39.6 Å². The Kier molecular flexibility index (Phi) is 10.2. The number of nitrogens with one attached hydrogen (secondary N) is 1. The number of ether oxygens (including phenoxy) is 6. The zero-order chi connectivity index (χ0) is 41.3. The molecule has 3 aliphatic carbocycles. The number of rotatable bonds is 9. The van der Waals surface area contributed by atoms with Crippen LogP contribution in [-0.2, 0) is 42.3 Å². The minimum atomic E-state index is -3.16. The first kappa shape index (κ1) is 39.9. The summed E-state index contributed by atoms with van der Waals surface area (Å²) >= 11 is 0. The van der Waals surface area contributed by atoms with Gasteiger partial charge < -0.3 is 54.2 Å². The quantitative estimate of drug-likeness (QED) is 0.194. The van der Waals surface area contributed by atoms with E-state index in [0.717, 1.165) is 26.4 Å². The standard InChI is InChI=1S/C41H41NO15/c1-17-12-20-13-25(44)41(55-6)37(49)28-22(36(48)40(41,51)29(20)34(26(17)39(50)54-5)56-16-19-10-8-7-9-11-19)14-21-27(31(28)46)24(43)15-23(30(21)45)42-38-35(53-4)32(47)33(52-3)18(2)57-38/h7-12,14-15,18,25,32-33,35,38,42,44,46-47,51H,13,16H2,1-6H3/t18-,25+,32+,33-,35+,38-,40-,41+/m0/s1. The fourth-order valence-corrected chi connectivity index (χ4v) is 8.70. The molecule has 0 aromatic heterocycles. The van der Waals surface area contributed by atoms with Gasteiger partial charge in [-0.1, -0.05) is 36.4 Å². The lowest BCUT2D eigenvalue weighted by molar-refractivity contribution is -0.236. The highest BCUT2D eigenvalue weighted by atomic mass is 16.6. The second-order valence-electron chi connectivity index (χ2n) is 14.3. The van der Waals surface area contributed by atoms with Crippen molar-refractivity contribution in [3.05, 3.63) is 104 Å². The molecule has 0 spiro atoms. The number of benzene rings is 3. The van der Waals surface area contributed by atoms with Gasteiger partial charge in [-0.05, 0) is 36.6 Å². The number of aromatic hydroxyl groups is 1. The number of fused-ring (bicyclic) bond motifs is 5. The zero-order valence-corrected chi connectivity index (χ0v) is 31.8. The third kappa shape index (κ3) is 5.66. The number of carbonyl (C=O) groups is 5. The summed E-state index contributed by atoms with van der Waals surface area (Å²) in [5.74, 6) is -6.74. The minimum absolute atomic E-state index is 0.130. The molecule has 1 aliphatic heterocycles. The Bertz CT molecular complexity index is 2250. The van der Waals surface area contributed by atoms with E-state index in [1.807, 2.05) is 0 Å². The molecule has 3 aromatic carbocycles. The van der Waals surface area contributed by atoms with E-state index in [1.54, 1.807) is 44.2 Å². The highest BCUT2D eigenvalue weighted by Gasteiger charge is 2.73. The highest BCUT2D eigenvalue weighted by molar-refractivity contribution is 6.31. The molecule has 57 heavy (non-hydrogen) atoms. The normalized spacial score (nSPS) is 29.1. The molecule has 0 saturated carbocycles. The molecule has 1 fully saturated rings. The second kappa shape index (κ2) is 14.6. The Hall–Kier alpha value is -5.33. The topological polar surface area (TPSA) is 234 Å². The molecule has 5 N–H and O–H groups in total. The van der Waals surface area contributed by atoms with Crippen LogP contribution in [0.25, 0.3) is 0 Å². The average molecular weight is 788 g/mol. The molecule has 3 aromatic rings. The number of phenols is 1. The number of hydrogen-bond acceptors (Lipinski definition) is 16. The van der Waals surface area contributed by atoms with Crippen LogP contribution in [0.2, 0.25) is 0 Å². The number of hydrogen-bond donors (Lipinski definition) is 5. The van der Waals surface area contributed by atoms with Crippen molar-refractivity contribution in [3.8, 4) is 11.5 Å². The number of methoxy groups -OCH3 is 4. The summed E-state index contributed by atoms with van der Waals surface area (Å²) < 4.78 is 33.7. The molecule has 7 rings (SSSR count). The van der Waals surface area contributed by atoms with E-state index in [2.05, 4.69) is 5.32 Å². The lowest BCUT2D eigenvalue weighted by Crippen LogP contribution is -2.73. The molecule has 8 atom stereocenters. The molecule has 1 heterocycles. The van der Waals surface area contributed by atoms with Crippen LogP contribution in [0.4, 0.5) is 0 Å². The van der Waals surface area contributed by atoms with Gasteiger partial charge in [0.25, 0.3) is 0 Å². The summed E-state index contributed by atoms with van der Waals surface area (Å²) in [7, 11) is 4.79. The molecule has 4 aliphatic rings. The Labute approximate surface area is 325 Å². The van der Waals surface area contributed by atoms with Gasteiger partial charge >= 0.3 is 5.97 Å². The maximum atomic E-state index is 15.1. The first-order valence-electron chi connectivity index (χ1n) is 18.0. The molecule has 16 nitrogen and oxygen atoms in total. The van der Waals surface area contributed by atoms with Crippen LogP contribution in [0.1, 0.15) is 81.0 Å². The van der Waals surface area contributed by atoms with E-state index < -0.39 is 111 Å². The van der Waals surface area contributed by atoms with Crippen molar-refractivity contribution in [2.24, 2.45) is 0 Å². The number of carbonyl (C=O) groups excluding carboxylic acids is 5. The van der Waals surface area contributed by atoms with Crippen molar-refractivity contribution in [2.75, 3.05) is 28.4 Å². The number of aliphatic hydroxyl groups is 3. The first-order valence-corrected chi connectivity index (χ1v) is 18.0. The number of esters is 1. The zero-order valence-electron chi connectivity index (χ0n) is 31.8. The summed E-state index contributed by atoms with van der Waals surface area (Å²) in [6, 6.07) is 11.1. The lowest BCUT2D eigenvalue weighted by atomic mass is 9.56. The monoisotopic (exact) mass is 787 g/mol. The maximum Gasteiger partial charge on any atom is 0.341 e. The van der Waals surface area contributed by atoms with Crippen LogP contribution in [0.15, 0.2) is 54.2 Å². The summed E-state index contributed by atoms with van der Waals surface area (Å²) in [5, 5.41) is 50.2. The van der Waals surface area contributed by atoms with Gasteiger partial charge in [0.1, 0.15) is 42.0 Å². The van der Waals surface area contributed by atoms with Crippen molar-refractivity contribution < 1.29 is 72.8 Å². The lowest BCUT2D eigenvalue weighted by Gasteiger charge is -2.53. The minimum Gasteiger partial charge on any atom is -0.506 e. The molecule has 300 valence electrons. The van der Waals surface area contributed by atoms with Crippen molar-refractivity contribution in [2.45, 2.75) is 74.8 Å². The van der Waals surface area contributed by atoms with Crippen LogP contribution in [-0.4, -0.2) is 120 Å². The smallest absolute Gasteiger partial charge is 0.341 e. The van der Waals surface area contributed by atoms with Crippen LogP contribution < -0.4 is 10.1 Å². The Morgan fingerprint density at radius 2 is 1.63 bits per heavy atom. The first-order chi connectivity index (χ1) is 27.1. The van der Waals surface area contributed by atoms with Gasteiger partial charge in [-0.3, -0.25) is 19.2 Å². The summed E-state index contributed by atoms with van der Waals surface area (Å²) in [5.41, 5.74) is -8.46. The van der Waals surface area contributed by atoms with Gasteiger partial charge in [0.2, 0.25) is 17.3 Å². The number of phenolic OH excluding ortho intramolecular Hbond substituents is 1. The van der Waals surface area contributed by atoms with Crippen molar-refractivity contribution in [3.63, 3.8) is 0 Å². The van der Waals surface area contributed by atoms with E-state index >= 15 is 4.79 Å². The largest absolute Gasteiger partial charge is 0.506 e. The van der Waals surface area contributed by atoms with Crippen LogP contribution in [0.5, 0.6) is 11.5 Å². The number of aliphatic hydroxyl groups excluding tert-OH is 2. The van der Waals surface area contributed by atoms with E-state index in [0.29, 0.717) is 11.1 Å². The summed E-state index contributed by atoms with van der Waals surface area (Å²) in [6.07, 6.45) is -6.44. The van der Waals surface area contributed by atoms with Crippen molar-refractivity contribution in [1.82, 2.24) is 5.32 Å². The number of ketones is 4. The molecule has 0 radical (unpaired) electrons. The molecule has 16 heteroatoms. The molecular formula is C41H41NO15. The van der Waals surface area contributed by atoms with Crippen LogP contribution >= 0.6 is 0 Å². The van der Waals surface area contributed by atoms with Gasteiger partial charge in [-0.25, -0.2) is 4.79 Å². The molecular weight excluding hydrogens is 746 g/mol. The maximum absolute atomic E-state index is 15.1. The van der Waals surface area contributed by atoms with Gasteiger partial charge in [-0.2, -0.15) is 0 Å². The van der Waals surface area contributed by atoms with Crippen molar-refractivity contribution >= 4 is 29.1 Å². The third-order valence-electron chi connectivity index (χ3n) is 11.4. The van der Waals surface area contributed by atoms with E-state index in [1.165, 1.54) is 20.3 Å². The van der Waals surface area contributed by atoms with E-state index in [-0.39, 0.29) is 34.7 Å². The summed E-state index contributed by atoms with van der Waals surface area (Å²) in [6.45, 7) is 3.01. The fraction of sp³-hybridized carbons (Fsp3) is 0.390. The fourth-order valence-electron chi connectivity index (χ4n) is 8.70. The summed E-state index contributed by atoms with van der Waals surface area (Å²) in [4.78, 5) is 71.2. The molecule has 0 amide bonds. The SMILES string of the molecule is COC(=O)c1c(C)cc2c(c1OCc1ccccc1)[C@]1(O)C(=O)c3cc4c(c(O)c3C(=O)[C@]1(OC)[C@H](O)C2)C(=O)C=C(N[C@H]1O[C@@H](C)[C@H](OC)[C@@H](O)[C@H]1OC)C4=O. The van der Waals surface area contributed by atoms with Crippen LogP contribution in [0.3, 0.4) is 0 Å². The van der Waals surface area contributed by atoms with Crippen LogP contribution in [0, 0.1) is 6.92 Å². The van der Waals surface area contributed by atoms with Gasteiger partial charge in [0, 0.05) is 50.5 Å². The molecule has 0 bridgehead atoms. The molecule has 1 saturated heterocycles. The van der Waals surface area contributed by atoms with Gasteiger partial charge in [0.15, 0.2) is 23.2 Å². The third-order valence-corrected chi connectivity index (χ3v) is 11.4. The second-order valence-corrected chi connectivity index (χ2v) is 14.3. The molecule has 0 unspecified atom stereocenters. The predicted molar refractivity (Wildman–Crippen MR) is 195 cm³/mol.